The van der Waals surface area contributed by atoms with E-state index in [-0.39, 0.29) is 17.2 Å². The highest BCUT2D eigenvalue weighted by Crippen LogP contribution is 2.38. The number of carbonyl (C=O) groups excluding carboxylic acids is 2. The maximum atomic E-state index is 13.2. The number of hydrogen-bond donors (Lipinski definition) is 3. The van der Waals surface area contributed by atoms with Gasteiger partial charge in [0.1, 0.15) is 16.8 Å². The number of nitrogens with one attached hydrogen (secondary N) is 3. The summed E-state index contributed by atoms with van der Waals surface area (Å²) in [4.78, 5) is 33.9. The average Bonchev–Trinajstić information content (AvgIpc) is 3.40. The van der Waals surface area contributed by atoms with E-state index in [9.17, 15) is 14.1 Å². The smallest absolute Gasteiger partial charge is 0.261 e. The minimum atomic E-state index is -1.60. The van der Waals surface area contributed by atoms with Crippen LogP contribution in [0.3, 0.4) is 0 Å². The summed E-state index contributed by atoms with van der Waals surface area (Å²) in [6, 6.07) is 12.9. The molecule has 0 radical (unpaired) electrons. The van der Waals surface area contributed by atoms with Crippen LogP contribution in [0.25, 0.3) is 0 Å². The number of hydrogen-bond acceptors (Lipinski definition) is 8. The summed E-state index contributed by atoms with van der Waals surface area (Å²) in [5, 5.41) is 9.22. The molecule has 11 heteroatoms. The molecule has 3 aromatic rings. The Kier molecular flexibility index (Phi) is 8.65. The molecule has 2 unspecified atom stereocenters. The lowest BCUT2D eigenvalue weighted by Crippen LogP contribution is -2.26. The van der Waals surface area contributed by atoms with Crippen LogP contribution in [-0.4, -0.2) is 60.0 Å². The number of rotatable bonds is 9. The molecule has 0 spiro atoms. The molecule has 0 fully saturated rings. The van der Waals surface area contributed by atoms with Gasteiger partial charge in [-0.15, -0.1) is 0 Å². The lowest BCUT2D eigenvalue weighted by molar-refractivity contribution is 0.0955. The summed E-state index contributed by atoms with van der Waals surface area (Å²) >= 11 is 0.0390. The van der Waals surface area contributed by atoms with E-state index in [0.29, 0.717) is 45.3 Å². The highest BCUT2D eigenvalue weighted by molar-refractivity contribution is 8.03. The minimum Gasteiger partial charge on any atom is -0.606 e. The zero-order chi connectivity index (χ0) is 28.2. The van der Waals surface area contributed by atoms with Crippen molar-refractivity contribution >= 4 is 40.4 Å². The Morgan fingerprint density at radius 2 is 1.98 bits per heavy atom. The largest absolute Gasteiger partial charge is 0.606 e. The number of carbonyl (C=O) groups is 2. The van der Waals surface area contributed by atoms with Gasteiger partial charge in [-0.25, -0.2) is 0 Å². The number of amides is 2. The number of fused-ring (bicyclic) bond motifs is 2. The summed E-state index contributed by atoms with van der Waals surface area (Å²) < 4.78 is 19.0. The van der Waals surface area contributed by atoms with E-state index in [1.165, 1.54) is 12.4 Å². The summed E-state index contributed by atoms with van der Waals surface area (Å²) in [5.41, 5.74) is 2.79. The maximum absolute atomic E-state index is 13.2. The van der Waals surface area contributed by atoms with Gasteiger partial charge < -0.3 is 30.1 Å². The molecule has 0 aliphatic carbocycles. The van der Waals surface area contributed by atoms with Crippen molar-refractivity contribution in [2.75, 3.05) is 39.1 Å². The van der Waals surface area contributed by atoms with Crippen LogP contribution in [0.4, 0.5) is 5.69 Å². The van der Waals surface area contributed by atoms with E-state index in [1.807, 2.05) is 44.6 Å². The molecule has 2 aliphatic heterocycles. The van der Waals surface area contributed by atoms with Crippen molar-refractivity contribution < 1.29 is 18.9 Å². The van der Waals surface area contributed by atoms with E-state index >= 15 is 0 Å². The van der Waals surface area contributed by atoms with E-state index < -0.39 is 11.2 Å². The molecular weight excluding hydrogens is 546 g/mol. The van der Waals surface area contributed by atoms with Crippen molar-refractivity contribution in [1.29, 1.82) is 0 Å². The maximum Gasteiger partial charge on any atom is 0.261 e. The third-order valence-corrected chi connectivity index (χ3v) is 9.30. The highest BCUT2D eigenvalue weighted by Gasteiger charge is 2.33. The van der Waals surface area contributed by atoms with Gasteiger partial charge in [0.15, 0.2) is 9.79 Å². The Balaban J connectivity index is 1.17. The number of aromatic nitrogens is 1. The highest BCUT2D eigenvalue weighted by atomic mass is 32.2. The molecule has 2 aromatic carbocycles. The zero-order valence-electron chi connectivity index (χ0n) is 22.5. The van der Waals surface area contributed by atoms with Crippen LogP contribution in [-0.2, 0) is 11.2 Å². The van der Waals surface area contributed by atoms with E-state index in [4.69, 9.17) is 4.74 Å². The number of anilines is 1. The van der Waals surface area contributed by atoms with Gasteiger partial charge >= 0.3 is 0 Å². The SMILES string of the molecule is Cc1c(C(=O)NCC2=CNC(c3ccc(OCCCN(C)C)cc3)S2)ccc2c1NC(=O)c1ccncc1[S+]2[O-]. The molecule has 0 saturated carbocycles. The molecule has 2 atom stereocenters. The first-order valence-corrected chi connectivity index (χ1v) is 14.9. The summed E-state index contributed by atoms with van der Waals surface area (Å²) in [5.74, 6) is 0.200. The van der Waals surface area contributed by atoms with Crippen LogP contribution in [0.2, 0.25) is 0 Å². The summed E-state index contributed by atoms with van der Waals surface area (Å²) in [6.07, 6.45) is 5.82. The number of pyridine rings is 1. The van der Waals surface area contributed by atoms with Gasteiger partial charge in [0.05, 0.1) is 24.9 Å². The Bertz CT molecular complexity index is 1440. The molecule has 0 bridgehead atoms. The van der Waals surface area contributed by atoms with E-state index in [2.05, 4.69) is 25.8 Å². The van der Waals surface area contributed by atoms with Crippen molar-refractivity contribution in [1.82, 2.24) is 20.5 Å². The third-order valence-electron chi connectivity index (χ3n) is 6.63. The van der Waals surface area contributed by atoms with Gasteiger partial charge in [0.2, 0.25) is 0 Å². The molecule has 9 nitrogen and oxygen atoms in total. The van der Waals surface area contributed by atoms with E-state index in [1.54, 1.807) is 36.9 Å². The van der Waals surface area contributed by atoms with Gasteiger partial charge in [0, 0.05) is 40.6 Å². The standard InChI is InChI=1S/C29H31N5O4S2/c1-18-22(9-10-24-26(18)33-28(36)23-11-12-30-17-25(23)40(24)37)27(35)31-15-21-16-32-29(39-21)19-5-7-20(8-6-19)38-14-4-13-34(2)3/h5-12,16-17,29,32H,4,13-15H2,1-3H3,(H,31,35)(H,33,36). The molecule has 40 heavy (non-hydrogen) atoms. The predicted octanol–water partition coefficient (Wildman–Crippen LogP) is 4.06. The fourth-order valence-corrected chi connectivity index (χ4v) is 6.83. The van der Waals surface area contributed by atoms with E-state index in [0.717, 1.165) is 29.2 Å². The number of benzene rings is 2. The van der Waals surface area contributed by atoms with Gasteiger partial charge in [-0.1, -0.05) is 23.9 Å². The van der Waals surface area contributed by atoms with Crippen molar-refractivity contribution in [3.63, 3.8) is 0 Å². The lowest BCUT2D eigenvalue weighted by Gasteiger charge is -2.15. The van der Waals surface area contributed by atoms with Crippen molar-refractivity contribution in [2.24, 2.45) is 0 Å². The van der Waals surface area contributed by atoms with Crippen LogP contribution in [0, 0.1) is 6.92 Å². The minimum absolute atomic E-state index is 0.0465. The van der Waals surface area contributed by atoms with Crippen LogP contribution in [0.1, 0.15) is 43.6 Å². The van der Waals surface area contributed by atoms with Gasteiger partial charge in [-0.3, -0.25) is 14.6 Å². The Hall–Kier alpha value is -3.51. The first-order valence-electron chi connectivity index (χ1n) is 12.9. The topological polar surface area (TPSA) is 119 Å². The molecular formula is C29H31N5O4S2. The van der Waals surface area contributed by atoms with Gasteiger partial charge in [-0.05, 0) is 68.9 Å². The molecule has 0 saturated heterocycles. The predicted molar refractivity (Wildman–Crippen MR) is 157 cm³/mol. The fourth-order valence-electron chi connectivity index (χ4n) is 4.47. The van der Waals surface area contributed by atoms with Crippen molar-refractivity contribution in [3.05, 3.63) is 88.2 Å². The molecule has 2 amide bonds. The lowest BCUT2D eigenvalue weighted by atomic mass is 10.1. The first-order chi connectivity index (χ1) is 19.3. The normalized spacial score (nSPS) is 17.7. The summed E-state index contributed by atoms with van der Waals surface area (Å²) in [7, 11) is 4.10. The number of thioether (sulfide) groups is 1. The number of nitrogens with zero attached hydrogens (tertiary/aromatic N) is 2. The number of ether oxygens (including phenoxy) is 1. The van der Waals surface area contributed by atoms with Crippen molar-refractivity contribution in [2.45, 2.75) is 28.5 Å². The quantitative estimate of drug-likeness (QED) is 0.257. The van der Waals surface area contributed by atoms with Crippen LogP contribution in [0.15, 0.2) is 75.8 Å². The van der Waals surface area contributed by atoms with Crippen LogP contribution >= 0.6 is 11.8 Å². The molecule has 208 valence electrons. The molecule has 5 rings (SSSR count). The van der Waals surface area contributed by atoms with Crippen LogP contribution in [0.5, 0.6) is 5.75 Å². The van der Waals surface area contributed by atoms with Crippen LogP contribution < -0.4 is 20.7 Å². The third kappa shape index (κ3) is 6.12. The van der Waals surface area contributed by atoms with Gasteiger partial charge in [-0.2, -0.15) is 0 Å². The monoisotopic (exact) mass is 577 g/mol. The average molecular weight is 578 g/mol. The second kappa shape index (κ2) is 12.3. The fraction of sp³-hybridized carbons (Fsp3) is 0.276. The second-order valence-electron chi connectivity index (χ2n) is 9.74. The Morgan fingerprint density at radius 3 is 2.75 bits per heavy atom. The molecule has 3 heterocycles. The first kappa shape index (κ1) is 28.0. The molecule has 2 aliphatic rings. The van der Waals surface area contributed by atoms with Crippen molar-refractivity contribution in [3.8, 4) is 5.75 Å². The Morgan fingerprint density at radius 1 is 1.18 bits per heavy atom. The zero-order valence-corrected chi connectivity index (χ0v) is 24.2. The molecule has 1 aromatic heterocycles. The summed E-state index contributed by atoms with van der Waals surface area (Å²) in [6.45, 7) is 3.77. The second-order valence-corrected chi connectivity index (χ2v) is 12.4. The molecule has 3 N–H and O–H groups in total. The van der Waals surface area contributed by atoms with Gasteiger partial charge in [0.25, 0.3) is 11.8 Å². The Labute approximate surface area is 241 Å².